The molecule has 1 unspecified atom stereocenters. The van der Waals surface area contributed by atoms with Crippen molar-refractivity contribution in [3.63, 3.8) is 0 Å². The summed E-state index contributed by atoms with van der Waals surface area (Å²) in [7, 11) is 0. The van der Waals surface area contributed by atoms with E-state index in [0.29, 0.717) is 18.9 Å². The lowest BCUT2D eigenvalue weighted by Gasteiger charge is -2.15. The lowest BCUT2D eigenvalue weighted by Crippen LogP contribution is -2.27. The van der Waals surface area contributed by atoms with Crippen LogP contribution in [0.1, 0.15) is 35.5 Å². The first kappa shape index (κ1) is 23.1. The summed E-state index contributed by atoms with van der Waals surface area (Å²) in [5.41, 5.74) is 3.76. The molecule has 174 valence electrons. The van der Waals surface area contributed by atoms with Crippen molar-refractivity contribution in [1.82, 2.24) is 10.3 Å². The number of ether oxygens (including phenoxy) is 2. The van der Waals surface area contributed by atoms with E-state index in [4.69, 9.17) is 13.9 Å². The highest BCUT2D eigenvalue weighted by atomic mass is 16.5. The van der Waals surface area contributed by atoms with E-state index in [1.54, 1.807) is 0 Å². The van der Waals surface area contributed by atoms with E-state index in [2.05, 4.69) is 10.3 Å². The van der Waals surface area contributed by atoms with Gasteiger partial charge in [-0.2, -0.15) is 0 Å². The Labute approximate surface area is 199 Å². The van der Waals surface area contributed by atoms with E-state index >= 15 is 0 Å². The Balaban J connectivity index is 1.24. The normalized spacial score (nSPS) is 11.6. The molecule has 1 N–H and O–H groups in total. The minimum atomic E-state index is -0.450. The van der Waals surface area contributed by atoms with E-state index in [1.807, 2.05) is 98.8 Å². The second-order valence-corrected chi connectivity index (χ2v) is 7.98. The average Bonchev–Trinajstić information content (AvgIpc) is 3.24. The second-order valence-electron chi connectivity index (χ2n) is 7.98. The number of hydrogen-bond donors (Lipinski definition) is 1. The van der Waals surface area contributed by atoms with Crippen LogP contribution in [-0.2, 0) is 17.8 Å². The van der Waals surface area contributed by atoms with Crippen LogP contribution in [0.2, 0.25) is 0 Å². The fraction of sp³-hybridized carbons (Fsp3) is 0.214. The van der Waals surface area contributed by atoms with Crippen molar-refractivity contribution < 1.29 is 18.7 Å². The number of amides is 1. The Bertz CT molecular complexity index is 1190. The van der Waals surface area contributed by atoms with E-state index in [9.17, 15) is 4.79 Å². The number of carbonyl (C=O) groups excluding carboxylic acids is 1. The second kappa shape index (κ2) is 11.2. The van der Waals surface area contributed by atoms with Crippen LogP contribution in [0, 0.1) is 6.92 Å². The Morgan fingerprint density at radius 2 is 1.65 bits per heavy atom. The van der Waals surface area contributed by atoms with Gasteiger partial charge in [-0.1, -0.05) is 60.7 Å². The van der Waals surface area contributed by atoms with Gasteiger partial charge in [0.05, 0.1) is 18.3 Å². The number of hydrogen-bond acceptors (Lipinski definition) is 5. The first-order chi connectivity index (χ1) is 16.6. The quantitative estimate of drug-likeness (QED) is 0.322. The van der Waals surface area contributed by atoms with Crippen molar-refractivity contribution in [2.75, 3.05) is 6.61 Å². The first-order valence-corrected chi connectivity index (χ1v) is 11.3. The summed E-state index contributed by atoms with van der Waals surface area (Å²) in [5.74, 6) is 2.19. The molecule has 0 fully saturated rings. The Morgan fingerprint density at radius 3 is 2.35 bits per heavy atom. The number of nitrogens with one attached hydrogen (secondary N) is 1. The molecule has 1 amide bonds. The molecular weight excluding hydrogens is 428 g/mol. The summed E-state index contributed by atoms with van der Waals surface area (Å²) in [6.07, 6.45) is 0.198. The SMILES string of the molecule is Cc1oc(-c2ccccc2)nc1CCOc1ccc(C(C)NC(=O)OCc2ccccc2)cc1. The molecule has 1 atom stereocenters. The van der Waals surface area contributed by atoms with Gasteiger partial charge in [0.25, 0.3) is 0 Å². The summed E-state index contributed by atoms with van der Waals surface area (Å²) in [6, 6.07) is 26.9. The largest absolute Gasteiger partial charge is 0.493 e. The third kappa shape index (κ3) is 6.25. The molecular formula is C28H28N2O4. The van der Waals surface area contributed by atoms with Crippen molar-refractivity contribution in [1.29, 1.82) is 0 Å². The highest BCUT2D eigenvalue weighted by molar-refractivity contribution is 5.67. The Hall–Kier alpha value is -4.06. The maximum Gasteiger partial charge on any atom is 0.407 e. The summed E-state index contributed by atoms with van der Waals surface area (Å²) < 4.78 is 17.0. The maximum atomic E-state index is 12.1. The zero-order valence-electron chi connectivity index (χ0n) is 19.4. The molecule has 0 bridgehead atoms. The zero-order valence-corrected chi connectivity index (χ0v) is 19.4. The van der Waals surface area contributed by atoms with Crippen LogP contribution in [0.3, 0.4) is 0 Å². The minimum Gasteiger partial charge on any atom is -0.493 e. The van der Waals surface area contributed by atoms with E-state index < -0.39 is 6.09 Å². The molecule has 0 aliphatic rings. The Morgan fingerprint density at radius 1 is 0.971 bits per heavy atom. The predicted octanol–water partition coefficient (Wildman–Crippen LogP) is 6.26. The van der Waals surface area contributed by atoms with E-state index in [0.717, 1.165) is 33.9 Å². The third-order valence-corrected chi connectivity index (χ3v) is 5.45. The van der Waals surface area contributed by atoms with Gasteiger partial charge in [0.1, 0.15) is 18.1 Å². The topological polar surface area (TPSA) is 73.6 Å². The van der Waals surface area contributed by atoms with Crippen LogP contribution in [0.25, 0.3) is 11.5 Å². The minimum absolute atomic E-state index is 0.188. The molecule has 3 aromatic carbocycles. The zero-order chi connectivity index (χ0) is 23.8. The summed E-state index contributed by atoms with van der Waals surface area (Å²) >= 11 is 0. The average molecular weight is 457 g/mol. The molecule has 0 spiro atoms. The smallest absolute Gasteiger partial charge is 0.407 e. The number of carbonyl (C=O) groups is 1. The van der Waals surface area contributed by atoms with Crippen LogP contribution < -0.4 is 10.1 Å². The molecule has 0 saturated heterocycles. The standard InChI is InChI=1S/C28H28N2O4/c1-20(29-28(31)33-19-22-9-5-3-6-10-22)23-13-15-25(16-14-23)32-18-17-26-21(2)34-27(30-26)24-11-7-4-8-12-24/h3-16,20H,17-19H2,1-2H3,(H,29,31). The van der Waals surface area contributed by atoms with Crippen LogP contribution in [0.15, 0.2) is 89.3 Å². The van der Waals surface area contributed by atoms with Gasteiger partial charge in [0.15, 0.2) is 0 Å². The molecule has 0 aliphatic carbocycles. The van der Waals surface area contributed by atoms with Gasteiger partial charge in [-0.05, 0) is 49.2 Å². The molecule has 6 nitrogen and oxygen atoms in total. The van der Waals surface area contributed by atoms with Gasteiger partial charge in [0, 0.05) is 12.0 Å². The van der Waals surface area contributed by atoms with Crippen molar-refractivity contribution in [3.8, 4) is 17.2 Å². The monoisotopic (exact) mass is 456 g/mol. The molecule has 34 heavy (non-hydrogen) atoms. The highest BCUT2D eigenvalue weighted by Gasteiger charge is 2.13. The van der Waals surface area contributed by atoms with Gasteiger partial charge in [-0.3, -0.25) is 0 Å². The molecule has 0 saturated carbocycles. The molecule has 4 aromatic rings. The summed E-state index contributed by atoms with van der Waals surface area (Å²) in [6.45, 7) is 4.56. The Kier molecular flexibility index (Phi) is 7.60. The van der Waals surface area contributed by atoms with Crippen LogP contribution in [0.5, 0.6) is 5.75 Å². The number of benzene rings is 3. The number of oxazole rings is 1. The summed E-state index contributed by atoms with van der Waals surface area (Å²) in [4.78, 5) is 16.7. The van der Waals surface area contributed by atoms with Crippen molar-refractivity contribution in [2.24, 2.45) is 0 Å². The van der Waals surface area contributed by atoms with Crippen molar-refractivity contribution >= 4 is 6.09 Å². The maximum absolute atomic E-state index is 12.1. The lowest BCUT2D eigenvalue weighted by atomic mass is 10.1. The van der Waals surface area contributed by atoms with Crippen LogP contribution >= 0.6 is 0 Å². The molecule has 1 aromatic heterocycles. The van der Waals surface area contributed by atoms with Crippen molar-refractivity contribution in [3.05, 3.63) is 108 Å². The summed E-state index contributed by atoms with van der Waals surface area (Å²) in [5, 5.41) is 2.85. The fourth-order valence-electron chi connectivity index (χ4n) is 3.51. The number of nitrogens with zero attached hydrogens (tertiary/aromatic N) is 1. The molecule has 0 radical (unpaired) electrons. The number of aryl methyl sites for hydroxylation is 1. The highest BCUT2D eigenvalue weighted by Crippen LogP contribution is 2.22. The molecule has 6 heteroatoms. The lowest BCUT2D eigenvalue weighted by molar-refractivity contribution is 0.136. The van der Waals surface area contributed by atoms with E-state index in [-0.39, 0.29) is 12.6 Å². The van der Waals surface area contributed by atoms with Crippen LogP contribution in [0.4, 0.5) is 4.79 Å². The van der Waals surface area contributed by atoms with Gasteiger partial charge in [-0.15, -0.1) is 0 Å². The van der Waals surface area contributed by atoms with Gasteiger partial charge < -0.3 is 19.2 Å². The van der Waals surface area contributed by atoms with E-state index in [1.165, 1.54) is 0 Å². The predicted molar refractivity (Wildman–Crippen MR) is 130 cm³/mol. The van der Waals surface area contributed by atoms with Gasteiger partial charge in [-0.25, -0.2) is 9.78 Å². The third-order valence-electron chi connectivity index (χ3n) is 5.45. The molecule has 4 rings (SSSR count). The van der Waals surface area contributed by atoms with Crippen molar-refractivity contribution in [2.45, 2.75) is 32.9 Å². The fourth-order valence-corrected chi connectivity index (χ4v) is 3.51. The molecule has 0 aliphatic heterocycles. The van der Waals surface area contributed by atoms with Gasteiger partial charge >= 0.3 is 6.09 Å². The molecule has 1 heterocycles. The van der Waals surface area contributed by atoms with Gasteiger partial charge in [0.2, 0.25) is 5.89 Å². The number of rotatable bonds is 9. The number of alkyl carbamates (subject to hydrolysis) is 1. The number of aromatic nitrogens is 1. The van der Waals surface area contributed by atoms with Crippen LogP contribution in [-0.4, -0.2) is 17.7 Å². The first-order valence-electron chi connectivity index (χ1n) is 11.3.